The van der Waals surface area contributed by atoms with Gasteiger partial charge < -0.3 is 4.74 Å². The van der Waals surface area contributed by atoms with Gasteiger partial charge in [0.2, 0.25) is 11.1 Å². The molecule has 0 aliphatic carbocycles. The molecule has 1 aliphatic rings. The Bertz CT molecular complexity index is 1810. The van der Waals surface area contributed by atoms with Crippen molar-refractivity contribution >= 4 is 45.7 Å². The maximum absolute atomic E-state index is 13.7. The van der Waals surface area contributed by atoms with Crippen molar-refractivity contribution in [2.45, 2.75) is 24.0 Å². The van der Waals surface area contributed by atoms with Crippen LogP contribution in [0.4, 0.5) is 5.69 Å². The predicted molar refractivity (Wildman–Crippen MR) is 153 cm³/mol. The Morgan fingerprint density at radius 3 is 2.59 bits per heavy atom. The molecule has 0 spiro atoms. The highest BCUT2D eigenvalue weighted by molar-refractivity contribution is 7.98. The van der Waals surface area contributed by atoms with Crippen LogP contribution in [0, 0.1) is 0 Å². The molecule has 9 heteroatoms. The number of thioether (sulfide) groups is 1. The molecule has 0 bridgehead atoms. The van der Waals surface area contributed by atoms with E-state index in [1.54, 1.807) is 16.7 Å². The van der Waals surface area contributed by atoms with Gasteiger partial charge in [0.15, 0.2) is 0 Å². The molecule has 0 saturated carbocycles. The van der Waals surface area contributed by atoms with Crippen molar-refractivity contribution in [3.63, 3.8) is 0 Å². The number of ether oxygens (including phenoxy) is 1. The number of fused-ring (bicyclic) bond motifs is 4. The number of carbonyl (C=O) groups is 1. The van der Waals surface area contributed by atoms with Gasteiger partial charge in [-0.1, -0.05) is 84.0 Å². The van der Waals surface area contributed by atoms with Gasteiger partial charge in [-0.3, -0.25) is 14.6 Å². The van der Waals surface area contributed by atoms with Gasteiger partial charge in [0.05, 0.1) is 23.9 Å². The average Bonchev–Trinajstić information content (AvgIpc) is 2.95. The molecule has 1 N–H and O–H groups in total. The molecule has 4 aromatic carbocycles. The van der Waals surface area contributed by atoms with Crippen LogP contribution in [0.15, 0.2) is 94.9 Å². The van der Waals surface area contributed by atoms with E-state index in [9.17, 15) is 9.59 Å². The quantitative estimate of drug-likeness (QED) is 0.221. The number of benzene rings is 4. The Balaban J connectivity index is 1.61. The van der Waals surface area contributed by atoms with E-state index in [1.165, 1.54) is 18.7 Å². The highest BCUT2D eigenvalue weighted by Crippen LogP contribution is 2.42. The van der Waals surface area contributed by atoms with Crippen LogP contribution in [0.3, 0.4) is 0 Å². The monoisotopic (exact) mass is 555 g/mol. The summed E-state index contributed by atoms with van der Waals surface area (Å²) in [6, 6.07) is 26.7. The number of methoxy groups -OCH3 is 1. The highest BCUT2D eigenvalue weighted by Gasteiger charge is 2.46. The third-order valence-electron chi connectivity index (χ3n) is 6.83. The number of rotatable bonds is 5. The number of aromatic amines is 1. The van der Waals surface area contributed by atoms with Crippen LogP contribution in [-0.2, 0) is 10.5 Å². The molecule has 1 atom stereocenters. The van der Waals surface area contributed by atoms with Crippen LogP contribution in [-0.4, -0.2) is 23.1 Å². The van der Waals surface area contributed by atoms with Crippen LogP contribution >= 0.6 is 23.4 Å². The van der Waals surface area contributed by atoms with Crippen molar-refractivity contribution in [2.75, 3.05) is 12.0 Å². The molecule has 0 radical (unpaired) electrons. The second kappa shape index (κ2) is 10.2. The van der Waals surface area contributed by atoms with Crippen LogP contribution in [0.25, 0.3) is 22.0 Å². The van der Waals surface area contributed by atoms with Gasteiger partial charge in [-0.2, -0.15) is 0 Å². The van der Waals surface area contributed by atoms with E-state index in [0.717, 1.165) is 21.9 Å². The summed E-state index contributed by atoms with van der Waals surface area (Å²) in [6.45, 7) is 1.52. The lowest BCUT2D eigenvalue weighted by molar-refractivity contribution is -0.763. The summed E-state index contributed by atoms with van der Waals surface area (Å²) < 4.78 is 7.49. The lowest BCUT2D eigenvalue weighted by atomic mass is 9.96. The Hall–Kier alpha value is -4.14. The zero-order valence-corrected chi connectivity index (χ0v) is 22.8. The molecule has 6 rings (SSSR count). The smallest absolute Gasteiger partial charge is 0.325 e. The van der Waals surface area contributed by atoms with Crippen molar-refractivity contribution in [3.8, 4) is 17.0 Å². The molecule has 194 valence electrons. The standard InChI is InChI=1S/C30H23ClN4O3S/c1-18(36)34-24-14-8-6-12-22(24)27-28(37)32-30(39-17-20-10-4-7-13-23(20)31)33-35(27)29(34)26-21-11-5-3-9-19(21)15-16-25(26)38-2/h3-16,29H,17H2,1-2H3/p+1/t29-/m1/s1. The number of hydrogen-bond acceptors (Lipinski definition) is 5. The Morgan fingerprint density at radius 2 is 1.79 bits per heavy atom. The predicted octanol–water partition coefficient (Wildman–Crippen LogP) is 5.75. The first kappa shape index (κ1) is 25.2. The number of amides is 1. The molecule has 1 amide bonds. The van der Waals surface area contributed by atoms with Crippen molar-refractivity contribution < 1.29 is 14.2 Å². The number of hydrogen-bond donors (Lipinski definition) is 1. The number of carbonyl (C=O) groups excluding carboxylic acids is 1. The summed E-state index contributed by atoms with van der Waals surface area (Å²) in [5, 5.41) is 7.86. The van der Waals surface area contributed by atoms with Crippen LogP contribution in [0.2, 0.25) is 5.02 Å². The van der Waals surface area contributed by atoms with Gasteiger partial charge in [0.1, 0.15) is 5.75 Å². The van der Waals surface area contributed by atoms with E-state index >= 15 is 0 Å². The van der Waals surface area contributed by atoms with Crippen molar-refractivity contribution in [3.05, 3.63) is 111 Å². The average molecular weight is 556 g/mol. The third kappa shape index (κ3) is 4.35. The molecule has 0 unspecified atom stereocenters. The van der Waals surface area contributed by atoms with E-state index < -0.39 is 6.17 Å². The summed E-state index contributed by atoms with van der Waals surface area (Å²) >= 11 is 7.74. The molecule has 2 heterocycles. The summed E-state index contributed by atoms with van der Waals surface area (Å²) in [4.78, 5) is 31.7. The largest absolute Gasteiger partial charge is 0.496 e. The van der Waals surface area contributed by atoms with Gasteiger partial charge in [-0.25, -0.2) is 4.90 Å². The molecule has 1 aromatic heterocycles. The Labute approximate surface area is 234 Å². The number of nitrogens with one attached hydrogen (secondary N) is 1. The summed E-state index contributed by atoms with van der Waals surface area (Å²) in [5.41, 5.74) is 2.99. The van der Waals surface area contributed by atoms with Gasteiger partial charge >= 0.3 is 11.3 Å². The minimum atomic E-state index is -0.768. The number of para-hydroxylation sites is 1. The zero-order chi connectivity index (χ0) is 27.1. The first-order valence-corrected chi connectivity index (χ1v) is 13.7. The first-order chi connectivity index (χ1) is 19.0. The normalized spacial score (nSPS) is 14.1. The van der Waals surface area contributed by atoms with Crippen LogP contribution in [0.1, 0.15) is 24.2 Å². The maximum atomic E-state index is 13.7. The van der Waals surface area contributed by atoms with Crippen molar-refractivity contribution in [1.29, 1.82) is 0 Å². The highest BCUT2D eigenvalue weighted by atomic mass is 35.5. The third-order valence-corrected chi connectivity index (χ3v) is 8.11. The fraction of sp³-hybridized carbons (Fsp3) is 0.133. The lowest BCUT2D eigenvalue weighted by Crippen LogP contribution is -2.60. The molecule has 5 aromatic rings. The lowest BCUT2D eigenvalue weighted by Gasteiger charge is -2.32. The van der Waals surface area contributed by atoms with E-state index in [4.69, 9.17) is 21.4 Å². The summed E-state index contributed by atoms with van der Waals surface area (Å²) in [7, 11) is 1.60. The molecule has 1 aliphatic heterocycles. The first-order valence-electron chi connectivity index (χ1n) is 12.3. The molecule has 7 nitrogen and oxygen atoms in total. The SMILES string of the molecule is COc1ccc2ccccc2c1[C@@H]1N(C(C)=O)c2ccccc2-c2c(=O)[nH]c(SCc3ccccc3Cl)n[n+]21. The van der Waals surface area contributed by atoms with Crippen molar-refractivity contribution in [1.82, 2.24) is 10.1 Å². The Morgan fingerprint density at radius 1 is 1.05 bits per heavy atom. The van der Waals surface area contributed by atoms with E-state index in [2.05, 4.69) is 4.98 Å². The van der Waals surface area contributed by atoms with Gasteiger partial charge in [-0.15, -0.1) is 0 Å². The maximum Gasteiger partial charge on any atom is 0.325 e. The fourth-order valence-corrected chi connectivity index (χ4v) is 6.26. The number of aromatic nitrogens is 3. The van der Waals surface area contributed by atoms with Gasteiger partial charge in [0.25, 0.3) is 6.17 Å². The van der Waals surface area contributed by atoms with Gasteiger partial charge in [0, 0.05) is 22.8 Å². The summed E-state index contributed by atoms with van der Waals surface area (Å²) in [6.07, 6.45) is -0.768. The van der Waals surface area contributed by atoms with E-state index in [0.29, 0.717) is 38.6 Å². The number of nitrogens with zero attached hydrogens (tertiary/aromatic N) is 3. The van der Waals surface area contributed by atoms with Crippen LogP contribution in [0.5, 0.6) is 5.75 Å². The van der Waals surface area contributed by atoms with E-state index in [-0.39, 0.29) is 11.5 Å². The molecular formula is C30H24ClN4O3S+. The number of H-pyrrole nitrogens is 1. The molecular weight excluding hydrogens is 532 g/mol. The number of halogens is 1. The summed E-state index contributed by atoms with van der Waals surface area (Å²) in [5.74, 6) is 0.917. The van der Waals surface area contributed by atoms with Gasteiger partial charge in [-0.05, 0) is 45.3 Å². The molecule has 39 heavy (non-hydrogen) atoms. The molecule has 0 fully saturated rings. The van der Waals surface area contributed by atoms with E-state index in [1.807, 2.05) is 84.9 Å². The minimum Gasteiger partial charge on any atom is -0.496 e. The molecule has 0 saturated heterocycles. The topological polar surface area (TPSA) is 79.2 Å². The van der Waals surface area contributed by atoms with Crippen LogP contribution < -0.4 is 19.9 Å². The Kier molecular flexibility index (Phi) is 6.58. The second-order valence-electron chi connectivity index (χ2n) is 9.12. The zero-order valence-electron chi connectivity index (χ0n) is 21.2. The van der Waals surface area contributed by atoms with Crippen molar-refractivity contribution in [2.24, 2.45) is 0 Å². The fourth-order valence-electron chi connectivity index (χ4n) is 5.12. The number of anilines is 1. The second-order valence-corrected chi connectivity index (χ2v) is 10.5. The minimum absolute atomic E-state index is 0.187.